The number of likely N-dealkylation sites (N-methyl/N-ethyl adjacent to an activating group) is 1. The third-order valence-electron chi connectivity index (χ3n) is 5.49. The van der Waals surface area contributed by atoms with Crippen molar-refractivity contribution in [1.29, 1.82) is 0 Å². The number of nitrogens with zero attached hydrogens (tertiary/aromatic N) is 2. The van der Waals surface area contributed by atoms with E-state index in [2.05, 4.69) is 0 Å². The molecule has 0 spiro atoms. The molecular weight excluding hydrogens is 412 g/mol. The van der Waals surface area contributed by atoms with Crippen molar-refractivity contribution in [2.75, 3.05) is 27.3 Å². The summed E-state index contributed by atoms with van der Waals surface area (Å²) in [7, 11) is 3.44. The summed E-state index contributed by atoms with van der Waals surface area (Å²) in [6.45, 7) is 4.61. The molecule has 1 N–H and O–H groups in total. The number of carboxylic acid groups (broad SMARTS) is 1. The lowest BCUT2D eigenvalue weighted by molar-refractivity contribution is -0.152. The molecule has 2 aromatic carbocycles. The Morgan fingerprint density at radius 3 is 2.47 bits per heavy atom. The lowest BCUT2D eigenvalue weighted by atomic mass is 10.1. The Kier molecular flexibility index (Phi) is 7.12. The van der Waals surface area contributed by atoms with Gasteiger partial charge in [-0.15, -0.1) is 0 Å². The first-order valence-corrected chi connectivity index (χ1v) is 10.5. The molecule has 3 rings (SSSR count). The fourth-order valence-electron chi connectivity index (χ4n) is 3.50. The van der Waals surface area contributed by atoms with Gasteiger partial charge in [0.1, 0.15) is 17.2 Å². The summed E-state index contributed by atoms with van der Waals surface area (Å²) in [6, 6.07) is 14.6. The fraction of sp³-hybridized carbons (Fsp3) is 0.417. The number of amides is 2. The minimum Gasteiger partial charge on any atom is -0.497 e. The van der Waals surface area contributed by atoms with Crippen molar-refractivity contribution in [3.63, 3.8) is 0 Å². The first kappa shape index (κ1) is 23.2. The number of carbonyl (C=O) groups excluding carboxylic acids is 1. The summed E-state index contributed by atoms with van der Waals surface area (Å²) >= 11 is 0. The molecular formula is C24H30N2O6. The van der Waals surface area contributed by atoms with Crippen LogP contribution >= 0.6 is 0 Å². The molecule has 1 fully saturated rings. The third kappa shape index (κ3) is 5.63. The molecule has 0 radical (unpaired) electrons. The van der Waals surface area contributed by atoms with Crippen LogP contribution in [0.25, 0.3) is 0 Å². The highest BCUT2D eigenvalue weighted by Crippen LogP contribution is 2.24. The maximum Gasteiger partial charge on any atom is 0.347 e. The van der Waals surface area contributed by atoms with E-state index in [9.17, 15) is 9.59 Å². The van der Waals surface area contributed by atoms with Gasteiger partial charge in [-0.2, -0.15) is 0 Å². The number of hydrogen-bond donors (Lipinski definition) is 1. The van der Waals surface area contributed by atoms with Gasteiger partial charge in [-0.1, -0.05) is 12.1 Å². The first-order chi connectivity index (χ1) is 15.2. The van der Waals surface area contributed by atoms with Crippen LogP contribution in [0.1, 0.15) is 25.8 Å². The van der Waals surface area contributed by atoms with Gasteiger partial charge < -0.3 is 29.1 Å². The quantitative estimate of drug-likeness (QED) is 0.604. The summed E-state index contributed by atoms with van der Waals surface area (Å²) in [4.78, 5) is 27.4. The van der Waals surface area contributed by atoms with Gasteiger partial charge in [-0.05, 0) is 55.8 Å². The van der Waals surface area contributed by atoms with Crippen LogP contribution in [0.3, 0.4) is 0 Å². The lowest BCUT2D eigenvalue weighted by Gasteiger charge is -2.21. The van der Waals surface area contributed by atoms with Crippen molar-refractivity contribution >= 4 is 12.0 Å². The van der Waals surface area contributed by atoms with Crippen LogP contribution in [0.5, 0.6) is 17.2 Å². The van der Waals surface area contributed by atoms with E-state index in [1.54, 1.807) is 36.3 Å². The Morgan fingerprint density at radius 2 is 1.81 bits per heavy atom. The fourth-order valence-corrected chi connectivity index (χ4v) is 3.50. The molecule has 0 unspecified atom stereocenters. The van der Waals surface area contributed by atoms with E-state index in [0.29, 0.717) is 37.6 Å². The number of methoxy groups -OCH3 is 1. The second kappa shape index (κ2) is 9.80. The molecule has 1 aliphatic rings. The molecule has 0 bridgehead atoms. The number of aliphatic carboxylic acids is 1. The molecule has 8 nitrogen and oxygen atoms in total. The smallest absolute Gasteiger partial charge is 0.347 e. The van der Waals surface area contributed by atoms with Crippen molar-refractivity contribution in [1.82, 2.24) is 9.80 Å². The number of benzene rings is 2. The number of urea groups is 1. The summed E-state index contributed by atoms with van der Waals surface area (Å²) < 4.78 is 16.6. The number of carbonyl (C=O) groups is 2. The van der Waals surface area contributed by atoms with Gasteiger partial charge in [0.15, 0.2) is 5.60 Å². The van der Waals surface area contributed by atoms with Crippen molar-refractivity contribution in [3.05, 3.63) is 54.1 Å². The highest BCUT2D eigenvalue weighted by atomic mass is 16.5. The topological polar surface area (TPSA) is 88.5 Å². The Bertz CT molecular complexity index is 944. The zero-order valence-corrected chi connectivity index (χ0v) is 18.9. The molecule has 1 saturated heterocycles. The normalized spacial score (nSPS) is 16.2. The largest absolute Gasteiger partial charge is 0.497 e. The predicted octanol–water partition coefficient (Wildman–Crippen LogP) is 3.64. The van der Waals surface area contributed by atoms with Gasteiger partial charge in [0.2, 0.25) is 0 Å². The molecule has 1 aliphatic heterocycles. The van der Waals surface area contributed by atoms with Crippen molar-refractivity contribution in [2.45, 2.75) is 38.5 Å². The van der Waals surface area contributed by atoms with Gasteiger partial charge in [0, 0.05) is 26.6 Å². The average molecular weight is 443 g/mol. The Balaban J connectivity index is 1.49. The van der Waals surface area contributed by atoms with Gasteiger partial charge in [-0.3, -0.25) is 0 Å². The Hall–Kier alpha value is -3.42. The van der Waals surface area contributed by atoms with E-state index in [4.69, 9.17) is 19.3 Å². The SMILES string of the molecule is COc1cccc(CN2C[C@@H](CCOc3ccc(OC(C)(C)C(=O)O)cc3)N(C)C2=O)c1. The van der Waals surface area contributed by atoms with Crippen LogP contribution < -0.4 is 14.2 Å². The zero-order chi connectivity index (χ0) is 23.3. The molecule has 0 aromatic heterocycles. The molecule has 2 amide bonds. The van der Waals surface area contributed by atoms with Gasteiger partial charge in [-0.25, -0.2) is 9.59 Å². The Labute approximate surface area is 188 Å². The van der Waals surface area contributed by atoms with E-state index < -0.39 is 11.6 Å². The summed E-state index contributed by atoms with van der Waals surface area (Å²) in [5.74, 6) is 0.855. The monoisotopic (exact) mass is 442 g/mol. The van der Waals surface area contributed by atoms with Crippen molar-refractivity contribution in [2.24, 2.45) is 0 Å². The molecule has 0 aliphatic carbocycles. The molecule has 8 heteroatoms. The van der Waals surface area contributed by atoms with Gasteiger partial charge in [0.05, 0.1) is 19.8 Å². The molecule has 2 aromatic rings. The molecule has 1 atom stereocenters. The van der Waals surface area contributed by atoms with Crippen LogP contribution in [0.4, 0.5) is 4.79 Å². The average Bonchev–Trinajstić information content (AvgIpc) is 3.02. The van der Waals surface area contributed by atoms with Gasteiger partial charge >= 0.3 is 12.0 Å². The van der Waals surface area contributed by atoms with Crippen LogP contribution in [-0.4, -0.2) is 65.9 Å². The molecule has 32 heavy (non-hydrogen) atoms. The minimum absolute atomic E-state index is 0.000340. The maximum atomic E-state index is 12.6. The van der Waals surface area contributed by atoms with E-state index in [1.165, 1.54) is 13.8 Å². The third-order valence-corrected chi connectivity index (χ3v) is 5.49. The molecule has 0 saturated carbocycles. The number of carboxylic acids is 1. The van der Waals surface area contributed by atoms with E-state index in [1.807, 2.05) is 36.2 Å². The highest BCUT2D eigenvalue weighted by Gasteiger charge is 2.34. The van der Waals surface area contributed by atoms with Gasteiger partial charge in [0.25, 0.3) is 0 Å². The van der Waals surface area contributed by atoms with Crippen LogP contribution in [0.2, 0.25) is 0 Å². The first-order valence-electron chi connectivity index (χ1n) is 10.5. The van der Waals surface area contributed by atoms with Crippen LogP contribution in [-0.2, 0) is 11.3 Å². The second-order valence-corrected chi connectivity index (χ2v) is 8.31. The zero-order valence-electron chi connectivity index (χ0n) is 18.9. The van der Waals surface area contributed by atoms with E-state index in [-0.39, 0.29) is 12.1 Å². The maximum absolute atomic E-state index is 12.6. The number of hydrogen-bond acceptors (Lipinski definition) is 5. The lowest BCUT2D eigenvalue weighted by Crippen LogP contribution is -2.37. The number of ether oxygens (including phenoxy) is 3. The minimum atomic E-state index is -1.31. The van der Waals surface area contributed by atoms with Crippen molar-refractivity contribution in [3.8, 4) is 17.2 Å². The number of rotatable bonds is 10. The molecule has 1 heterocycles. The summed E-state index contributed by atoms with van der Waals surface area (Å²) in [5.41, 5.74) is -0.282. The standard InChI is InChI=1S/C24H30N2O6/c1-24(2,22(27)28)32-20-10-8-19(9-11-20)31-13-12-18-16-26(23(29)25(18)3)15-17-6-5-7-21(14-17)30-4/h5-11,14,18H,12-13,15-16H2,1-4H3,(H,27,28)/t18-/m1/s1. The second-order valence-electron chi connectivity index (χ2n) is 8.31. The van der Waals surface area contributed by atoms with E-state index >= 15 is 0 Å². The van der Waals surface area contributed by atoms with Crippen molar-refractivity contribution < 1.29 is 28.9 Å². The van der Waals surface area contributed by atoms with Crippen LogP contribution in [0.15, 0.2) is 48.5 Å². The predicted molar refractivity (Wildman–Crippen MR) is 119 cm³/mol. The van der Waals surface area contributed by atoms with Crippen LogP contribution in [0, 0.1) is 0 Å². The highest BCUT2D eigenvalue weighted by molar-refractivity contribution is 5.77. The summed E-state index contributed by atoms with van der Waals surface area (Å²) in [6.07, 6.45) is 0.696. The Morgan fingerprint density at radius 1 is 1.12 bits per heavy atom. The summed E-state index contributed by atoms with van der Waals surface area (Å²) in [5, 5.41) is 9.16. The molecule has 172 valence electrons. The van der Waals surface area contributed by atoms with E-state index in [0.717, 1.165) is 11.3 Å².